The predicted molar refractivity (Wildman–Crippen MR) is 52.7 cm³/mol. The summed E-state index contributed by atoms with van der Waals surface area (Å²) in [4.78, 5) is 11.3. The highest BCUT2D eigenvalue weighted by molar-refractivity contribution is 5.94. The fourth-order valence-electron chi connectivity index (χ4n) is 1.08. The van der Waals surface area contributed by atoms with E-state index in [9.17, 15) is 22.4 Å². The van der Waals surface area contributed by atoms with E-state index in [4.69, 9.17) is 5.73 Å². The third kappa shape index (κ3) is 3.42. The van der Waals surface area contributed by atoms with E-state index in [1.165, 1.54) is 0 Å². The number of nitrogens with one attached hydrogen (secondary N) is 1. The molecule has 0 aliphatic heterocycles. The normalized spacial score (nSPS) is 11.4. The van der Waals surface area contributed by atoms with Crippen LogP contribution in [0.15, 0.2) is 18.2 Å². The number of carbonyl (C=O) groups excluding carboxylic acids is 1. The SMILES string of the molecule is NCC(F)(F)CNC(=O)c1c(F)cccc1F. The summed E-state index contributed by atoms with van der Waals surface area (Å²) in [6.45, 7) is -2.04. The van der Waals surface area contributed by atoms with Crippen molar-refractivity contribution >= 4 is 5.91 Å². The standard InChI is InChI=1S/C10H10F4N2O/c11-6-2-1-3-7(12)8(6)9(17)16-5-10(13,14)4-15/h1-3H,4-5,15H2,(H,16,17). The third-order valence-corrected chi connectivity index (χ3v) is 2.00. The van der Waals surface area contributed by atoms with E-state index in [2.05, 4.69) is 0 Å². The fraction of sp³-hybridized carbons (Fsp3) is 0.300. The van der Waals surface area contributed by atoms with Crippen LogP contribution >= 0.6 is 0 Å². The molecule has 1 aromatic carbocycles. The highest BCUT2D eigenvalue weighted by Gasteiger charge is 2.28. The van der Waals surface area contributed by atoms with Gasteiger partial charge in [0.2, 0.25) is 0 Å². The molecule has 0 spiro atoms. The van der Waals surface area contributed by atoms with Crippen LogP contribution in [0, 0.1) is 11.6 Å². The quantitative estimate of drug-likeness (QED) is 0.791. The number of amides is 1. The van der Waals surface area contributed by atoms with Gasteiger partial charge in [0.1, 0.15) is 17.2 Å². The average molecular weight is 250 g/mol. The van der Waals surface area contributed by atoms with Gasteiger partial charge in [0.15, 0.2) is 0 Å². The Morgan fingerprint density at radius 3 is 2.29 bits per heavy atom. The second kappa shape index (κ2) is 5.13. The van der Waals surface area contributed by atoms with Crippen molar-refractivity contribution in [3.05, 3.63) is 35.4 Å². The summed E-state index contributed by atoms with van der Waals surface area (Å²) in [7, 11) is 0. The number of hydrogen-bond donors (Lipinski definition) is 2. The van der Waals surface area contributed by atoms with Crippen molar-refractivity contribution in [2.45, 2.75) is 5.92 Å². The first-order valence-corrected chi connectivity index (χ1v) is 4.67. The third-order valence-electron chi connectivity index (χ3n) is 2.00. The van der Waals surface area contributed by atoms with Crippen molar-refractivity contribution < 1.29 is 22.4 Å². The molecule has 1 rings (SSSR count). The first-order chi connectivity index (χ1) is 7.87. The van der Waals surface area contributed by atoms with Crippen LogP contribution < -0.4 is 11.1 Å². The van der Waals surface area contributed by atoms with Gasteiger partial charge in [0, 0.05) is 0 Å². The van der Waals surface area contributed by atoms with Crippen molar-refractivity contribution in [1.82, 2.24) is 5.32 Å². The minimum Gasteiger partial charge on any atom is -0.346 e. The topological polar surface area (TPSA) is 55.1 Å². The molecule has 0 bridgehead atoms. The summed E-state index contributed by atoms with van der Waals surface area (Å²) in [6.07, 6.45) is 0. The van der Waals surface area contributed by atoms with Gasteiger partial charge in [-0.2, -0.15) is 0 Å². The fourth-order valence-corrected chi connectivity index (χ4v) is 1.08. The zero-order valence-corrected chi connectivity index (χ0v) is 8.64. The lowest BCUT2D eigenvalue weighted by atomic mass is 10.2. The first-order valence-electron chi connectivity index (χ1n) is 4.67. The lowest BCUT2D eigenvalue weighted by Crippen LogP contribution is -2.41. The van der Waals surface area contributed by atoms with Crippen LogP contribution in [0.2, 0.25) is 0 Å². The first kappa shape index (κ1) is 13.4. The molecule has 0 fully saturated rings. The smallest absolute Gasteiger partial charge is 0.277 e. The van der Waals surface area contributed by atoms with E-state index in [-0.39, 0.29) is 0 Å². The number of rotatable bonds is 4. The highest BCUT2D eigenvalue weighted by Crippen LogP contribution is 2.13. The lowest BCUT2D eigenvalue weighted by molar-refractivity contribution is 0.0117. The minimum atomic E-state index is -3.31. The zero-order valence-electron chi connectivity index (χ0n) is 8.64. The molecule has 0 heterocycles. The van der Waals surface area contributed by atoms with Crippen molar-refractivity contribution in [3.63, 3.8) is 0 Å². The molecule has 3 N–H and O–H groups in total. The molecule has 0 aliphatic carbocycles. The Balaban J connectivity index is 2.78. The predicted octanol–water partition coefficient (Wildman–Crippen LogP) is 1.29. The van der Waals surface area contributed by atoms with E-state index >= 15 is 0 Å². The van der Waals surface area contributed by atoms with Crippen LogP contribution in [-0.2, 0) is 0 Å². The summed E-state index contributed by atoms with van der Waals surface area (Å²) < 4.78 is 51.6. The van der Waals surface area contributed by atoms with Crippen LogP contribution in [0.1, 0.15) is 10.4 Å². The van der Waals surface area contributed by atoms with Gasteiger partial charge in [0.05, 0.1) is 13.1 Å². The van der Waals surface area contributed by atoms with Crippen LogP contribution in [0.3, 0.4) is 0 Å². The number of hydrogen-bond acceptors (Lipinski definition) is 2. The van der Waals surface area contributed by atoms with Crippen LogP contribution in [0.25, 0.3) is 0 Å². The van der Waals surface area contributed by atoms with Gasteiger partial charge in [-0.3, -0.25) is 4.79 Å². The second-order valence-electron chi connectivity index (χ2n) is 3.34. The van der Waals surface area contributed by atoms with E-state index in [1.807, 2.05) is 0 Å². The molecule has 1 amide bonds. The molecule has 0 aliphatic rings. The molecule has 1 aromatic rings. The summed E-state index contributed by atoms with van der Waals surface area (Å²) in [5.41, 5.74) is 3.85. The summed E-state index contributed by atoms with van der Waals surface area (Å²) in [5.74, 6) is -6.77. The maximum Gasteiger partial charge on any atom is 0.277 e. The van der Waals surface area contributed by atoms with Crippen molar-refractivity contribution in [3.8, 4) is 0 Å². The number of nitrogens with two attached hydrogens (primary N) is 1. The molecule has 17 heavy (non-hydrogen) atoms. The Labute approximate surface area is 94.6 Å². The highest BCUT2D eigenvalue weighted by atomic mass is 19.3. The largest absolute Gasteiger partial charge is 0.346 e. The maximum absolute atomic E-state index is 13.1. The van der Waals surface area contributed by atoms with Gasteiger partial charge in [-0.25, -0.2) is 17.6 Å². The van der Waals surface area contributed by atoms with Gasteiger partial charge < -0.3 is 11.1 Å². The van der Waals surface area contributed by atoms with E-state index < -0.39 is 42.1 Å². The van der Waals surface area contributed by atoms with Crippen LogP contribution in [-0.4, -0.2) is 24.9 Å². The van der Waals surface area contributed by atoms with Crippen molar-refractivity contribution in [2.75, 3.05) is 13.1 Å². The molecule has 0 saturated carbocycles. The minimum absolute atomic E-state index is 0.860. The van der Waals surface area contributed by atoms with E-state index in [0.29, 0.717) is 0 Å². The molecule has 3 nitrogen and oxygen atoms in total. The Morgan fingerprint density at radius 2 is 1.82 bits per heavy atom. The van der Waals surface area contributed by atoms with Crippen LogP contribution in [0.4, 0.5) is 17.6 Å². The molecular weight excluding hydrogens is 240 g/mol. The van der Waals surface area contributed by atoms with Gasteiger partial charge in [0.25, 0.3) is 11.8 Å². The monoisotopic (exact) mass is 250 g/mol. The Hall–Kier alpha value is -1.63. The lowest BCUT2D eigenvalue weighted by Gasteiger charge is -2.14. The number of halogens is 4. The molecular formula is C10H10F4N2O. The molecule has 0 saturated heterocycles. The molecule has 0 atom stereocenters. The van der Waals surface area contributed by atoms with Crippen molar-refractivity contribution in [2.24, 2.45) is 5.73 Å². The van der Waals surface area contributed by atoms with Crippen LogP contribution in [0.5, 0.6) is 0 Å². The van der Waals surface area contributed by atoms with Gasteiger partial charge in [-0.15, -0.1) is 0 Å². The molecule has 7 heteroatoms. The summed E-state index contributed by atoms with van der Waals surface area (Å²) >= 11 is 0. The average Bonchev–Trinajstić information content (AvgIpc) is 2.26. The Morgan fingerprint density at radius 1 is 1.29 bits per heavy atom. The number of carbonyl (C=O) groups is 1. The Kier molecular flexibility index (Phi) is 4.06. The van der Waals surface area contributed by atoms with E-state index in [1.54, 1.807) is 5.32 Å². The van der Waals surface area contributed by atoms with Crippen molar-refractivity contribution in [1.29, 1.82) is 0 Å². The second-order valence-corrected chi connectivity index (χ2v) is 3.34. The number of alkyl halides is 2. The summed E-state index contributed by atoms with van der Waals surface area (Å²) in [5, 5.41) is 1.72. The van der Waals surface area contributed by atoms with Gasteiger partial charge in [-0.05, 0) is 12.1 Å². The Bertz CT molecular complexity index is 403. The molecule has 0 radical (unpaired) electrons. The molecule has 94 valence electrons. The summed E-state index contributed by atoms with van der Waals surface area (Å²) in [6, 6.07) is 2.79. The maximum atomic E-state index is 13.1. The van der Waals surface area contributed by atoms with Gasteiger partial charge >= 0.3 is 0 Å². The number of benzene rings is 1. The molecule has 0 unspecified atom stereocenters. The van der Waals surface area contributed by atoms with Gasteiger partial charge in [-0.1, -0.05) is 6.07 Å². The van der Waals surface area contributed by atoms with E-state index in [0.717, 1.165) is 18.2 Å². The molecule has 0 aromatic heterocycles. The zero-order chi connectivity index (χ0) is 13.1.